The quantitative estimate of drug-likeness (QED) is 0.373. The molecule has 1 fully saturated rings. The first-order chi connectivity index (χ1) is 17.4. The van der Waals surface area contributed by atoms with Gasteiger partial charge in [0.15, 0.2) is 5.65 Å². The number of fused-ring (bicyclic) bond motifs is 1. The van der Waals surface area contributed by atoms with Crippen molar-refractivity contribution in [3.63, 3.8) is 0 Å². The van der Waals surface area contributed by atoms with Crippen molar-refractivity contribution >= 4 is 17.2 Å². The van der Waals surface area contributed by atoms with Crippen LogP contribution < -0.4 is 19.3 Å². The van der Waals surface area contributed by atoms with Crippen LogP contribution in [0.3, 0.4) is 0 Å². The van der Waals surface area contributed by atoms with Crippen molar-refractivity contribution in [1.29, 1.82) is 0 Å². The molecule has 1 aliphatic rings. The van der Waals surface area contributed by atoms with Crippen LogP contribution >= 0.6 is 0 Å². The van der Waals surface area contributed by atoms with Gasteiger partial charge in [0.2, 0.25) is 0 Å². The number of piperazine rings is 1. The van der Waals surface area contributed by atoms with E-state index in [1.807, 2.05) is 22.7 Å². The molecule has 0 saturated carbocycles. The molecule has 0 amide bonds. The predicted molar refractivity (Wildman–Crippen MR) is 146 cm³/mol. The lowest BCUT2D eigenvalue weighted by Gasteiger charge is -2.38. The molecule has 0 atom stereocenters. The van der Waals surface area contributed by atoms with Crippen LogP contribution in [0.5, 0.6) is 11.5 Å². The van der Waals surface area contributed by atoms with Gasteiger partial charge in [-0.25, -0.2) is 4.98 Å². The maximum absolute atomic E-state index is 5.49. The van der Waals surface area contributed by atoms with Crippen molar-refractivity contribution in [2.45, 2.75) is 34.1 Å². The number of aryl methyl sites for hydroxylation is 3. The molecule has 2 aromatic heterocycles. The van der Waals surface area contributed by atoms with Gasteiger partial charge in [0.25, 0.3) is 0 Å². The number of hydrogen-bond donors (Lipinski definition) is 0. The second-order valence-corrected chi connectivity index (χ2v) is 9.52. The number of hydrogen-bond acceptors (Lipinski definition) is 6. The van der Waals surface area contributed by atoms with Crippen molar-refractivity contribution in [1.82, 2.24) is 14.6 Å². The summed E-state index contributed by atoms with van der Waals surface area (Å²) in [5.74, 6) is 2.63. The number of rotatable bonds is 6. The van der Waals surface area contributed by atoms with Gasteiger partial charge in [0.1, 0.15) is 17.3 Å². The van der Waals surface area contributed by atoms with E-state index >= 15 is 0 Å². The number of methoxy groups -OCH3 is 2. The number of nitrogens with zero attached hydrogens (tertiary/aromatic N) is 5. The third-order valence-electron chi connectivity index (χ3n) is 7.17. The molecule has 1 aliphatic heterocycles. The SMILES string of the molecule is CCc1c(C)nc2cc(-c3cc(OC)cc(OC)c3)nn2c1N1CCN(c2cc(C)ccc2C)CC1. The highest BCUT2D eigenvalue weighted by Crippen LogP contribution is 2.33. The Morgan fingerprint density at radius 3 is 2.14 bits per heavy atom. The van der Waals surface area contributed by atoms with Crippen molar-refractivity contribution in [3.8, 4) is 22.8 Å². The third kappa shape index (κ3) is 4.34. The van der Waals surface area contributed by atoms with Crippen molar-refractivity contribution in [3.05, 3.63) is 64.8 Å². The first kappa shape index (κ1) is 24.0. The van der Waals surface area contributed by atoms with Gasteiger partial charge in [-0.2, -0.15) is 9.61 Å². The summed E-state index contributed by atoms with van der Waals surface area (Å²) in [6.07, 6.45) is 0.906. The Bertz CT molecular complexity index is 1380. The Kier molecular flexibility index (Phi) is 6.48. The van der Waals surface area contributed by atoms with Crippen LogP contribution in [0, 0.1) is 20.8 Å². The molecule has 7 heteroatoms. The van der Waals surface area contributed by atoms with Crippen LogP contribution in [0.4, 0.5) is 11.5 Å². The molecule has 0 bridgehead atoms. The number of ether oxygens (including phenoxy) is 2. The first-order valence-corrected chi connectivity index (χ1v) is 12.6. The predicted octanol–water partition coefficient (Wildman–Crippen LogP) is 5.23. The average molecular weight is 486 g/mol. The molecular weight excluding hydrogens is 450 g/mol. The molecule has 7 nitrogen and oxygen atoms in total. The summed E-state index contributed by atoms with van der Waals surface area (Å²) < 4.78 is 13.0. The minimum absolute atomic E-state index is 0.739. The molecule has 188 valence electrons. The molecule has 0 radical (unpaired) electrons. The highest BCUT2D eigenvalue weighted by Gasteiger charge is 2.25. The molecule has 1 saturated heterocycles. The Morgan fingerprint density at radius 1 is 0.833 bits per heavy atom. The summed E-state index contributed by atoms with van der Waals surface area (Å²) in [5.41, 5.74) is 8.93. The van der Waals surface area contributed by atoms with E-state index in [2.05, 4.69) is 61.8 Å². The molecule has 2 aromatic carbocycles. The molecule has 0 aliphatic carbocycles. The average Bonchev–Trinajstić information content (AvgIpc) is 3.32. The van der Waals surface area contributed by atoms with Gasteiger partial charge in [0.05, 0.1) is 19.9 Å². The van der Waals surface area contributed by atoms with Crippen LogP contribution in [0.25, 0.3) is 16.9 Å². The fraction of sp³-hybridized carbons (Fsp3) is 0.379. The van der Waals surface area contributed by atoms with Gasteiger partial charge < -0.3 is 19.3 Å². The summed E-state index contributed by atoms with van der Waals surface area (Å²) in [6, 6.07) is 14.6. The topological polar surface area (TPSA) is 55.1 Å². The van der Waals surface area contributed by atoms with Gasteiger partial charge in [-0.05, 0) is 56.5 Å². The summed E-state index contributed by atoms with van der Waals surface area (Å²) in [7, 11) is 3.33. The second-order valence-electron chi connectivity index (χ2n) is 9.52. The summed E-state index contributed by atoms with van der Waals surface area (Å²) in [4.78, 5) is 9.90. The summed E-state index contributed by atoms with van der Waals surface area (Å²) >= 11 is 0. The van der Waals surface area contributed by atoms with Gasteiger partial charge in [-0.15, -0.1) is 0 Å². The third-order valence-corrected chi connectivity index (χ3v) is 7.17. The van der Waals surface area contributed by atoms with E-state index < -0.39 is 0 Å². The Labute approximate surface area is 213 Å². The molecule has 4 aromatic rings. The zero-order chi connectivity index (χ0) is 25.4. The van der Waals surface area contributed by atoms with E-state index in [1.54, 1.807) is 14.2 Å². The van der Waals surface area contributed by atoms with E-state index in [9.17, 15) is 0 Å². The molecule has 3 heterocycles. The lowest BCUT2D eigenvalue weighted by atomic mass is 10.1. The van der Waals surface area contributed by atoms with E-state index in [-0.39, 0.29) is 0 Å². The Balaban J connectivity index is 1.52. The van der Waals surface area contributed by atoms with E-state index in [4.69, 9.17) is 19.6 Å². The Hall–Kier alpha value is -3.74. The second kappa shape index (κ2) is 9.72. The van der Waals surface area contributed by atoms with Crippen molar-refractivity contribution in [2.75, 3.05) is 50.2 Å². The molecule has 5 rings (SSSR count). The van der Waals surface area contributed by atoms with Crippen LogP contribution in [-0.2, 0) is 6.42 Å². The number of benzene rings is 2. The minimum Gasteiger partial charge on any atom is -0.497 e. The molecule has 0 N–H and O–H groups in total. The monoisotopic (exact) mass is 485 g/mol. The van der Waals surface area contributed by atoms with Gasteiger partial charge in [0, 0.05) is 60.8 Å². The lowest BCUT2D eigenvalue weighted by Crippen LogP contribution is -2.47. The fourth-order valence-electron chi connectivity index (χ4n) is 5.19. The molecule has 36 heavy (non-hydrogen) atoms. The normalized spacial score (nSPS) is 13.9. The van der Waals surface area contributed by atoms with Gasteiger partial charge in [-0.3, -0.25) is 0 Å². The van der Waals surface area contributed by atoms with E-state index in [1.165, 1.54) is 22.4 Å². The standard InChI is InChI=1S/C29H35N5O2/c1-7-25-21(4)30-28-18-26(22-15-23(35-5)17-24(16-22)36-6)31-34(28)29(25)33-12-10-32(11-13-33)27-14-19(2)8-9-20(27)3/h8-9,14-18H,7,10-13H2,1-6H3. The van der Waals surface area contributed by atoms with Gasteiger partial charge in [-0.1, -0.05) is 19.1 Å². The highest BCUT2D eigenvalue weighted by molar-refractivity contribution is 5.70. The summed E-state index contributed by atoms with van der Waals surface area (Å²) in [6.45, 7) is 12.5. The van der Waals surface area contributed by atoms with E-state index in [0.717, 1.165) is 72.5 Å². The highest BCUT2D eigenvalue weighted by atomic mass is 16.5. The fourth-order valence-corrected chi connectivity index (χ4v) is 5.19. The van der Waals surface area contributed by atoms with Crippen LogP contribution in [0.15, 0.2) is 42.5 Å². The zero-order valence-electron chi connectivity index (χ0n) is 22.1. The molecule has 0 unspecified atom stereocenters. The number of anilines is 2. The number of aromatic nitrogens is 3. The lowest BCUT2D eigenvalue weighted by molar-refractivity contribution is 0.394. The largest absolute Gasteiger partial charge is 0.497 e. The summed E-state index contributed by atoms with van der Waals surface area (Å²) in [5, 5.41) is 5.05. The molecule has 0 spiro atoms. The van der Waals surface area contributed by atoms with Crippen LogP contribution in [0.2, 0.25) is 0 Å². The zero-order valence-corrected chi connectivity index (χ0v) is 22.1. The smallest absolute Gasteiger partial charge is 0.158 e. The van der Waals surface area contributed by atoms with Crippen LogP contribution in [-0.4, -0.2) is 55.0 Å². The van der Waals surface area contributed by atoms with Crippen molar-refractivity contribution in [2.24, 2.45) is 0 Å². The molecular formula is C29H35N5O2. The first-order valence-electron chi connectivity index (χ1n) is 12.6. The minimum atomic E-state index is 0.739. The van der Waals surface area contributed by atoms with Crippen molar-refractivity contribution < 1.29 is 9.47 Å². The van der Waals surface area contributed by atoms with E-state index in [0.29, 0.717) is 0 Å². The van der Waals surface area contributed by atoms with Gasteiger partial charge >= 0.3 is 0 Å². The maximum Gasteiger partial charge on any atom is 0.158 e. The Morgan fingerprint density at radius 2 is 1.50 bits per heavy atom. The maximum atomic E-state index is 5.49. The van der Waals surface area contributed by atoms with Crippen LogP contribution in [0.1, 0.15) is 29.3 Å².